The lowest BCUT2D eigenvalue weighted by molar-refractivity contribution is -0.000184. The Labute approximate surface area is 166 Å². The molecule has 2 unspecified atom stereocenters. The van der Waals surface area contributed by atoms with E-state index in [0.717, 1.165) is 25.7 Å². The summed E-state index contributed by atoms with van der Waals surface area (Å²) >= 11 is 0. The van der Waals surface area contributed by atoms with Crippen molar-refractivity contribution >= 4 is 0 Å². The maximum Gasteiger partial charge on any atom is 0.201 e. The minimum Gasteiger partial charge on any atom is -0.491 e. The number of benzene rings is 2. The highest BCUT2D eigenvalue weighted by atomic mass is 19.2. The van der Waals surface area contributed by atoms with Crippen LogP contribution in [0, 0.1) is 11.6 Å². The molecule has 0 saturated carbocycles. The van der Waals surface area contributed by atoms with Crippen LogP contribution in [0.1, 0.15) is 51.0 Å². The van der Waals surface area contributed by atoms with Crippen LogP contribution in [0.5, 0.6) is 5.75 Å². The van der Waals surface area contributed by atoms with Crippen LogP contribution in [-0.4, -0.2) is 19.3 Å². The van der Waals surface area contributed by atoms with E-state index in [1.165, 1.54) is 11.6 Å². The second-order valence-corrected chi connectivity index (χ2v) is 7.17. The monoisotopic (exact) mass is 386 g/mol. The second kappa shape index (κ2) is 9.83. The van der Waals surface area contributed by atoms with Gasteiger partial charge >= 0.3 is 0 Å². The standard InChI is InChI=1S/C24H28F2O2/c1-3-5-6-7-20-13-12-19(16-28-20)17-8-10-18(11-9-17)21-14-15-22(27-4-2)24(26)23(21)25/h3,5,8-11,14-15,19-20H,4,6-7,12-13,16H2,1-2H3. The van der Waals surface area contributed by atoms with Crippen LogP contribution < -0.4 is 4.74 Å². The molecule has 1 aliphatic rings. The van der Waals surface area contributed by atoms with E-state index in [9.17, 15) is 8.78 Å². The molecule has 2 nitrogen and oxygen atoms in total. The minimum atomic E-state index is -0.937. The summed E-state index contributed by atoms with van der Waals surface area (Å²) in [6, 6.07) is 10.7. The first-order valence-corrected chi connectivity index (χ1v) is 10.1. The van der Waals surface area contributed by atoms with Crippen molar-refractivity contribution in [1.82, 2.24) is 0 Å². The van der Waals surface area contributed by atoms with Gasteiger partial charge in [-0.3, -0.25) is 0 Å². The van der Waals surface area contributed by atoms with Gasteiger partial charge in [-0.05, 0) is 62.8 Å². The highest BCUT2D eigenvalue weighted by Crippen LogP contribution is 2.33. The SMILES string of the molecule is CC=CCCC1CCC(c2ccc(-c3ccc(OCC)c(F)c3F)cc2)CO1. The normalized spacial score (nSPS) is 19.9. The number of hydrogen-bond donors (Lipinski definition) is 0. The molecule has 0 bridgehead atoms. The number of rotatable bonds is 7. The molecule has 2 aromatic rings. The number of ether oxygens (including phenoxy) is 2. The number of halogens is 2. The Balaban J connectivity index is 1.65. The average molecular weight is 386 g/mol. The van der Waals surface area contributed by atoms with E-state index in [-0.39, 0.29) is 11.3 Å². The fourth-order valence-electron chi connectivity index (χ4n) is 3.70. The quantitative estimate of drug-likeness (QED) is 0.496. The zero-order valence-corrected chi connectivity index (χ0v) is 16.6. The van der Waals surface area contributed by atoms with E-state index >= 15 is 0 Å². The summed E-state index contributed by atoms with van der Waals surface area (Å²) < 4.78 is 39.7. The fraction of sp³-hybridized carbons (Fsp3) is 0.417. The molecule has 4 heteroatoms. The van der Waals surface area contributed by atoms with Crippen molar-refractivity contribution in [3.8, 4) is 16.9 Å². The van der Waals surface area contributed by atoms with Crippen LogP contribution in [0.3, 0.4) is 0 Å². The fourth-order valence-corrected chi connectivity index (χ4v) is 3.70. The molecule has 2 atom stereocenters. The van der Waals surface area contributed by atoms with Crippen molar-refractivity contribution in [3.05, 3.63) is 65.7 Å². The summed E-state index contributed by atoms with van der Waals surface area (Å²) in [7, 11) is 0. The molecule has 0 aliphatic carbocycles. The van der Waals surface area contributed by atoms with Crippen molar-refractivity contribution in [3.63, 3.8) is 0 Å². The van der Waals surface area contributed by atoms with Gasteiger partial charge in [-0.15, -0.1) is 0 Å². The lowest BCUT2D eigenvalue weighted by atomic mass is 9.89. The van der Waals surface area contributed by atoms with Gasteiger partial charge in [0.25, 0.3) is 0 Å². The predicted molar refractivity (Wildman–Crippen MR) is 109 cm³/mol. The predicted octanol–water partition coefficient (Wildman–Crippen LogP) is 6.65. The van der Waals surface area contributed by atoms with Gasteiger partial charge in [-0.25, -0.2) is 4.39 Å². The first-order chi connectivity index (χ1) is 13.6. The molecule has 0 spiro atoms. The van der Waals surface area contributed by atoms with Gasteiger partial charge in [-0.2, -0.15) is 4.39 Å². The summed E-state index contributed by atoms with van der Waals surface area (Å²) in [5, 5.41) is 0. The zero-order valence-electron chi connectivity index (χ0n) is 16.6. The Kier molecular flexibility index (Phi) is 7.21. The molecule has 1 heterocycles. The van der Waals surface area contributed by atoms with E-state index in [4.69, 9.17) is 9.47 Å². The molecule has 28 heavy (non-hydrogen) atoms. The molecule has 1 saturated heterocycles. The van der Waals surface area contributed by atoms with E-state index in [1.54, 1.807) is 13.0 Å². The minimum absolute atomic E-state index is 0.0521. The van der Waals surface area contributed by atoms with Crippen LogP contribution in [-0.2, 0) is 4.74 Å². The number of hydrogen-bond acceptors (Lipinski definition) is 2. The maximum atomic E-state index is 14.4. The van der Waals surface area contributed by atoms with Crippen molar-refractivity contribution in [2.24, 2.45) is 0 Å². The number of allylic oxidation sites excluding steroid dienone is 2. The highest BCUT2D eigenvalue weighted by Gasteiger charge is 2.23. The topological polar surface area (TPSA) is 18.5 Å². The van der Waals surface area contributed by atoms with Crippen molar-refractivity contribution in [2.45, 2.75) is 51.6 Å². The van der Waals surface area contributed by atoms with Crippen LogP contribution >= 0.6 is 0 Å². The average Bonchev–Trinajstić information content (AvgIpc) is 2.73. The Morgan fingerprint density at radius 3 is 2.50 bits per heavy atom. The van der Waals surface area contributed by atoms with Gasteiger partial charge in [0.1, 0.15) is 0 Å². The van der Waals surface area contributed by atoms with Crippen molar-refractivity contribution in [2.75, 3.05) is 13.2 Å². The third-order valence-electron chi connectivity index (χ3n) is 5.30. The second-order valence-electron chi connectivity index (χ2n) is 7.17. The van der Waals surface area contributed by atoms with E-state index < -0.39 is 11.6 Å². The first-order valence-electron chi connectivity index (χ1n) is 10.1. The molecule has 0 N–H and O–H groups in total. The molecule has 3 rings (SSSR count). The summed E-state index contributed by atoms with van der Waals surface area (Å²) in [6.07, 6.45) is 8.87. The molecule has 150 valence electrons. The Morgan fingerprint density at radius 2 is 1.86 bits per heavy atom. The Hall–Kier alpha value is -2.20. The zero-order chi connectivity index (χ0) is 19.9. The van der Waals surface area contributed by atoms with Crippen molar-refractivity contribution < 1.29 is 18.3 Å². The molecule has 0 aromatic heterocycles. The van der Waals surface area contributed by atoms with Gasteiger partial charge in [0, 0.05) is 11.5 Å². The smallest absolute Gasteiger partial charge is 0.201 e. The molecule has 0 radical (unpaired) electrons. The van der Waals surface area contributed by atoms with Gasteiger partial charge < -0.3 is 9.47 Å². The Bertz CT molecular complexity index is 791. The summed E-state index contributed by atoms with van der Waals surface area (Å²) in [6.45, 7) is 4.79. The van der Waals surface area contributed by atoms with Crippen LogP contribution in [0.2, 0.25) is 0 Å². The molecular weight excluding hydrogens is 358 g/mol. The van der Waals surface area contributed by atoms with Crippen LogP contribution in [0.15, 0.2) is 48.6 Å². The molecule has 1 fully saturated rings. The first kappa shape index (κ1) is 20.5. The van der Waals surface area contributed by atoms with Crippen molar-refractivity contribution in [1.29, 1.82) is 0 Å². The van der Waals surface area contributed by atoms with E-state index in [0.29, 0.717) is 30.8 Å². The molecule has 2 aromatic carbocycles. The molecular formula is C24H28F2O2. The van der Waals surface area contributed by atoms with E-state index in [2.05, 4.69) is 12.2 Å². The third kappa shape index (κ3) is 4.79. The van der Waals surface area contributed by atoms with Gasteiger partial charge in [0.15, 0.2) is 11.6 Å². The summed E-state index contributed by atoms with van der Waals surface area (Å²) in [5.41, 5.74) is 2.09. The van der Waals surface area contributed by atoms with Crippen LogP contribution in [0.25, 0.3) is 11.1 Å². The summed E-state index contributed by atoms with van der Waals surface area (Å²) in [5.74, 6) is -1.51. The van der Waals surface area contributed by atoms with E-state index in [1.807, 2.05) is 31.2 Å². The van der Waals surface area contributed by atoms with Gasteiger partial charge in [0.2, 0.25) is 5.82 Å². The third-order valence-corrected chi connectivity index (χ3v) is 5.30. The largest absolute Gasteiger partial charge is 0.491 e. The lowest BCUT2D eigenvalue weighted by Gasteiger charge is -2.29. The van der Waals surface area contributed by atoms with Gasteiger partial charge in [0.05, 0.1) is 19.3 Å². The summed E-state index contributed by atoms with van der Waals surface area (Å²) in [4.78, 5) is 0. The molecule has 1 aliphatic heterocycles. The molecule has 0 amide bonds. The van der Waals surface area contributed by atoms with Crippen LogP contribution in [0.4, 0.5) is 8.78 Å². The highest BCUT2D eigenvalue weighted by molar-refractivity contribution is 5.65. The van der Waals surface area contributed by atoms with Gasteiger partial charge in [-0.1, -0.05) is 36.4 Å². The Morgan fingerprint density at radius 1 is 1.07 bits per heavy atom. The maximum absolute atomic E-state index is 14.4. The lowest BCUT2D eigenvalue weighted by Crippen LogP contribution is -2.24.